The number of benzene rings is 1. The molecular weight excluding hydrogens is 354 g/mol. The Bertz CT molecular complexity index is 870. The predicted octanol–water partition coefficient (Wildman–Crippen LogP) is 3.62. The van der Waals surface area contributed by atoms with E-state index in [4.69, 9.17) is 5.11 Å². The summed E-state index contributed by atoms with van der Waals surface area (Å²) in [5, 5.41) is 13.5. The third-order valence-corrected chi connectivity index (χ3v) is 6.01. The minimum atomic E-state index is -0.809. The Kier molecular flexibility index (Phi) is 5.87. The van der Waals surface area contributed by atoms with E-state index >= 15 is 0 Å². The topological polar surface area (TPSA) is 75.4 Å². The number of carbonyl (C=O) groups excluding carboxylic acids is 1. The van der Waals surface area contributed by atoms with E-state index in [-0.39, 0.29) is 12.3 Å². The molecule has 1 amide bonds. The molecule has 1 aromatic heterocycles. The van der Waals surface area contributed by atoms with Crippen LogP contribution in [-0.4, -0.2) is 44.8 Å². The van der Waals surface area contributed by atoms with Crippen LogP contribution in [0.1, 0.15) is 54.0 Å². The molecule has 2 unspecified atom stereocenters. The second kappa shape index (κ2) is 8.17. The SMILES string of the molecule is Cc1nn(-c2ccc(C(=O)N3CCC(C)C(C)C3)cc2)c(C)c1CCC(=O)O. The fourth-order valence-electron chi connectivity index (χ4n) is 3.90. The van der Waals surface area contributed by atoms with Gasteiger partial charge in [-0.25, -0.2) is 4.68 Å². The summed E-state index contributed by atoms with van der Waals surface area (Å²) in [4.78, 5) is 25.7. The van der Waals surface area contributed by atoms with E-state index in [9.17, 15) is 9.59 Å². The summed E-state index contributed by atoms with van der Waals surface area (Å²) in [6.07, 6.45) is 1.61. The first-order valence-electron chi connectivity index (χ1n) is 9.94. The predicted molar refractivity (Wildman–Crippen MR) is 108 cm³/mol. The van der Waals surface area contributed by atoms with Crippen molar-refractivity contribution in [3.63, 3.8) is 0 Å². The van der Waals surface area contributed by atoms with E-state index in [1.54, 1.807) is 0 Å². The van der Waals surface area contributed by atoms with Gasteiger partial charge in [0, 0.05) is 30.8 Å². The Hall–Kier alpha value is -2.63. The van der Waals surface area contributed by atoms with Gasteiger partial charge < -0.3 is 10.0 Å². The van der Waals surface area contributed by atoms with E-state index in [2.05, 4.69) is 18.9 Å². The van der Waals surface area contributed by atoms with Crippen molar-refractivity contribution < 1.29 is 14.7 Å². The summed E-state index contributed by atoms with van der Waals surface area (Å²) in [5.74, 6) is 0.459. The Morgan fingerprint density at radius 3 is 2.43 bits per heavy atom. The molecule has 0 bridgehead atoms. The lowest BCUT2D eigenvalue weighted by Crippen LogP contribution is -2.42. The highest BCUT2D eigenvalue weighted by Crippen LogP contribution is 2.24. The molecular formula is C22H29N3O3. The number of carboxylic acid groups (broad SMARTS) is 1. The molecule has 1 fully saturated rings. The van der Waals surface area contributed by atoms with Crippen molar-refractivity contribution in [2.24, 2.45) is 11.8 Å². The molecule has 28 heavy (non-hydrogen) atoms. The monoisotopic (exact) mass is 383 g/mol. The van der Waals surface area contributed by atoms with Crippen LogP contribution >= 0.6 is 0 Å². The van der Waals surface area contributed by atoms with E-state index < -0.39 is 5.97 Å². The number of likely N-dealkylation sites (tertiary alicyclic amines) is 1. The van der Waals surface area contributed by atoms with Gasteiger partial charge in [0.05, 0.1) is 11.4 Å². The molecule has 6 heteroatoms. The Labute approximate surface area is 166 Å². The summed E-state index contributed by atoms with van der Waals surface area (Å²) in [6, 6.07) is 7.52. The van der Waals surface area contributed by atoms with Crippen LogP contribution in [0.15, 0.2) is 24.3 Å². The van der Waals surface area contributed by atoms with Crippen LogP contribution in [0.3, 0.4) is 0 Å². The second-order valence-electron chi connectivity index (χ2n) is 8.00. The molecule has 1 aromatic carbocycles. The standard InChI is InChI=1S/C22H29N3O3/c1-14-11-12-24(13-15(14)2)22(28)18-5-7-19(8-6-18)25-17(4)20(16(3)23-25)9-10-21(26)27/h5-8,14-15H,9-13H2,1-4H3,(H,26,27). The zero-order valence-corrected chi connectivity index (χ0v) is 17.1. The summed E-state index contributed by atoms with van der Waals surface area (Å²) in [7, 11) is 0. The van der Waals surface area contributed by atoms with E-state index in [1.165, 1.54) is 0 Å². The maximum absolute atomic E-state index is 12.8. The number of nitrogens with zero attached hydrogens (tertiary/aromatic N) is 3. The van der Waals surface area contributed by atoms with Gasteiger partial charge in [0.25, 0.3) is 5.91 Å². The average Bonchev–Trinajstić information content (AvgIpc) is 2.95. The minimum absolute atomic E-state index is 0.0841. The van der Waals surface area contributed by atoms with Crippen molar-refractivity contribution in [1.82, 2.24) is 14.7 Å². The quantitative estimate of drug-likeness (QED) is 0.856. The maximum Gasteiger partial charge on any atom is 0.303 e. The van der Waals surface area contributed by atoms with Crippen molar-refractivity contribution >= 4 is 11.9 Å². The van der Waals surface area contributed by atoms with Gasteiger partial charge in [-0.2, -0.15) is 5.10 Å². The van der Waals surface area contributed by atoms with Gasteiger partial charge in [-0.3, -0.25) is 9.59 Å². The molecule has 1 aliphatic rings. The molecule has 2 aromatic rings. The first-order chi connectivity index (χ1) is 13.3. The van der Waals surface area contributed by atoms with Crippen molar-refractivity contribution in [2.75, 3.05) is 13.1 Å². The first-order valence-corrected chi connectivity index (χ1v) is 9.94. The highest BCUT2D eigenvalue weighted by atomic mass is 16.4. The van der Waals surface area contributed by atoms with Crippen LogP contribution in [0.4, 0.5) is 0 Å². The number of piperidine rings is 1. The number of aromatic nitrogens is 2. The van der Waals surface area contributed by atoms with Gasteiger partial charge in [0.15, 0.2) is 0 Å². The number of carbonyl (C=O) groups is 2. The van der Waals surface area contributed by atoms with Crippen LogP contribution in [0, 0.1) is 25.7 Å². The summed E-state index contributed by atoms with van der Waals surface area (Å²) in [5.41, 5.74) is 4.32. The van der Waals surface area contributed by atoms with Crippen LogP contribution in [0.2, 0.25) is 0 Å². The lowest BCUT2D eigenvalue weighted by molar-refractivity contribution is -0.136. The zero-order chi connectivity index (χ0) is 20.4. The number of amides is 1. The van der Waals surface area contributed by atoms with Crippen molar-refractivity contribution in [2.45, 2.75) is 47.0 Å². The number of carboxylic acids is 1. The zero-order valence-electron chi connectivity index (χ0n) is 17.1. The van der Waals surface area contributed by atoms with Gasteiger partial charge in [0.1, 0.15) is 0 Å². The van der Waals surface area contributed by atoms with E-state index in [1.807, 2.05) is 47.7 Å². The molecule has 0 aliphatic carbocycles. The molecule has 3 rings (SSSR count). The summed E-state index contributed by atoms with van der Waals surface area (Å²) < 4.78 is 1.82. The third-order valence-electron chi connectivity index (χ3n) is 6.01. The second-order valence-corrected chi connectivity index (χ2v) is 8.00. The Morgan fingerprint density at radius 1 is 1.14 bits per heavy atom. The lowest BCUT2D eigenvalue weighted by atomic mass is 9.88. The molecule has 2 heterocycles. The third kappa shape index (κ3) is 4.11. The van der Waals surface area contributed by atoms with Crippen molar-refractivity contribution in [3.05, 3.63) is 46.8 Å². The number of rotatable bonds is 5. The Balaban J connectivity index is 1.77. The Morgan fingerprint density at radius 2 is 1.82 bits per heavy atom. The smallest absolute Gasteiger partial charge is 0.303 e. The highest BCUT2D eigenvalue weighted by molar-refractivity contribution is 5.94. The molecule has 150 valence electrons. The van der Waals surface area contributed by atoms with Crippen LogP contribution in [0.25, 0.3) is 5.69 Å². The highest BCUT2D eigenvalue weighted by Gasteiger charge is 2.26. The van der Waals surface area contributed by atoms with E-state index in [0.717, 1.165) is 42.1 Å². The van der Waals surface area contributed by atoms with Crippen LogP contribution in [-0.2, 0) is 11.2 Å². The fourth-order valence-corrected chi connectivity index (χ4v) is 3.90. The van der Waals surface area contributed by atoms with Crippen LogP contribution in [0.5, 0.6) is 0 Å². The molecule has 1 saturated heterocycles. The molecule has 0 radical (unpaired) electrons. The normalized spacial score (nSPS) is 19.6. The molecule has 2 atom stereocenters. The van der Waals surface area contributed by atoms with Gasteiger partial charge in [-0.15, -0.1) is 0 Å². The minimum Gasteiger partial charge on any atom is -0.481 e. The average molecular weight is 383 g/mol. The maximum atomic E-state index is 12.8. The number of hydrogen-bond donors (Lipinski definition) is 1. The number of hydrogen-bond acceptors (Lipinski definition) is 3. The largest absolute Gasteiger partial charge is 0.481 e. The van der Waals surface area contributed by atoms with Gasteiger partial charge in [-0.05, 0) is 68.4 Å². The summed E-state index contributed by atoms with van der Waals surface area (Å²) >= 11 is 0. The number of aliphatic carboxylic acids is 1. The van der Waals surface area contributed by atoms with Crippen molar-refractivity contribution in [1.29, 1.82) is 0 Å². The van der Waals surface area contributed by atoms with Gasteiger partial charge >= 0.3 is 5.97 Å². The fraction of sp³-hybridized carbons (Fsp3) is 0.500. The molecule has 1 aliphatic heterocycles. The molecule has 6 nitrogen and oxygen atoms in total. The molecule has 1 N–H and O–H groups in total. The first kappa shape index (κ1) is 20.1. The van der Waals surface area contributed by atoms with Gasteiger partial charge in [-0.1, -0.05) is 13.8 Å². The van der Waals surface area contributed by atoms with E-state index in [0.29, 0.717) is 23.8 Å². The van der Waals surface area contributed by atoms with Crippen molar-refractivity contribution in [3.8, 4) is 5.69 Å². The van der Waals surface area contributed by atoms with Gasteiger partial charge in [0.2, 0.25) is 0 Å². The summed E-state index contributed by atoms with van der Waals surface area (Å²) in [6.45, 7) is 9.94. The number of aryl methyl sites for hydroxylation is 1. The molecule has 0 saturated carbocycles. The molecule has 0 spiro atoms. The van der Waals surface area contributed by atoms with Crippen LogP contribution < -0.4 is 0 Å². The lowest BCUT2D eigenvalue weighted by Gasteiger charge is -2.35.